The van der Waals surface area contributed by atoms with Crippen LogP contribution in [0.15, 0.2) is 96.5 Å². The molecule has 2 N–H and O–H groups in total. The van der Waals surface area contributed by atoms with E-state index in [0.29, 0.717) is 35.2 Å². The predicted molar refractivity (Wildman–Crippen MR) is 217 cm³/mol. The van der Waals surface area contributed by atoms with E-state index in [9.17, 15) is 40.3 Å². The second kappa shape index (κ2) is 18.3. The SMILES string of the molecule is CC(C)(C)C[C@]1(c2ccc(-c3cnn(C(F)F)c3)cc2)N=C(NC(=O)OCc2ccccc2)N([C@H](COC(=O)NC(C)(C)C(F)(F)F)c2ccc(Cl)c(-n3ncnc3C(F)F)c2)C1=O. The maximum Gasteiger partial charge on any atom is 0.414 e. The first-order valence-corrected chi connectivity index (χ1v) is 19.7. The number of ether oxygens (including phenoxy) is 2. The quantitative estimate of drug-likeness (QED) is 0.111. The first-order chi connectivity index (χ1) is 30.0. The van der Waals surface area contributed by atoms with E-state index in [-0.39, 0.29) is 34.9 Å². The van der Waals surface area contributed by atoms with Crippen molar-refractivity contribution in [3.8, 4) is 16.8 Å². The van der Waals surface area contributed by atoms with Gasteiger partial charge in [-0.25, -0.2) is 37.7 Å². The van der Waals surface area contributed by atoms with E-state index in [2.05, 4.69) is 20.5 Å². The number of halogens is 8. The highest BCUT2D eigenvalue weighted by molar-refractivity contribution is 6.32. The summed E-state index contributed by atoms with van der Waals surface area (Å²) in [6, 6.07) is 17.0. The minimum absolute atomic E-state index is 0.00329. The molecule has 5 aromatic rings. The van der Waals surface area contributed by atoms with Crippen molar-refractivity contribution in [1.82, 2.24) is 40.1 Å². The molecule has 2 atom stereocenters. The fourth-order valence-electron chi connectivity index (χ4n) is 6.83. The largest absolute Gasteiger partial charge is 0.447 e. The average molecular weight is 920 g/mol. The number of benzene rings is 3. The predicted octanol–water partition coefficient (Wildman–Crippen LogP) is 9.68. The Morgan fingerprint density at radius 1 is 0.875 bits per heavy atom. The van der Waals surface area contributed by atoms with Crippen LogP contribution in [0.5, 0.6) is 0 Å². The van der Waals surface area contributed by atoms with E-state index in [1.54, 1.807) is 47.8 Å². The third-order valence-electron chi connectivity index (χ3n) is 9.97. The lowest BCUT2D eigenvalue weighted by atomic mass is 9.75. The Morgan fingerprint density at radius 2 is 1.56 bits per heavy atom. The van der Waals surface area contributed by atoms with Crippen molar-refractivity contribution >= 4 is 35.7 Å². The maximum absolute atomic E-state index is 15.5. The zero-order valence-electron chi connectivity index (χ0n) is 34.7. The smallest absolute Gasteiger partial charge is 0.414 e. The van der Waals surface area contributed by atoms with Gasteiger partial charge in [0.1, 0.15) is 25.1 Å². The number of carbonyl (C=O) groups excluding carboxylic acids is 3. The minimum Gasteiger partial charge on any atom is -0.447 e. The molecule has 0 aliphatic carbocycles. The third-order valence-corrected chi connectivity index (χ3v) is 10.3. The summed E-state index contributed by atoms with van der Waals surface area (Å²) in [5.74, 6) is -2.10. The lowest BCUT2D eigenvalue weighted by Gasteiger charge is -2.35. The first kappa shape index (κ1) is 47.0. The van der Waals surface area contributed by atoms with Crippen molar-refractivity contribution in [3.05, 3.63) is 119 Å². The molecule has 14 nitrogen and oxygen atoms in total. The monoisotopic (exact) mass is 919 g/mol. The van der Waals surface area contributed by atoms with Gasteiger partial charge in [-0.05, 0) is 60.1 Å². The van der Waals surface area contributed by atoms with E-state index in [1.165, 1.54) is 36.5 Å². The van der Waals surface area contributed by atoms with Gasteiger partial charge in [0.25, 0.3) is 12.3 Å². The topological polar surface area (TPSA) is 158 Å². The van der Waals surface area contributed by atoms with Crippen molar-refractivity contribution in [1.29, 1.82) is 0 Å². The van der Waals surface area contributed by atoms with Gasteiger partial charge >= 0.3 is 24.9 Å². The molecule has 3 amide bonds. The molecule has 0 unspecified atom stereocenters. The average Bonchev–Trinajstić information content (AvgIpc) is 3.97. The molecular weight excluding hydrogens is 879 g/mol. The molecule has 0 bridgehead atoms. The molecule has 64 heavy (non-hydrogen) atoms. The van der Waals surface area contributed by atoms with Crippen LogP contribution in [0.1, 0.15) is 82.6 Å². The van der Waals surface area contributed by atoms with Gasteiger partial charge in [-0.3, -0.25) is 15.0 Å². The number of alkyl carbamates (subject to hydrolysis) is 2. The van der Waals surface area contributed by atoms with Gasteiger partial charge in [0.2, 0.25) is 5.96 Å². The highest BCUT2D eigenvalue weighted by Crippen LogP contribution is 2.46. The van der Waals surface area contributed by atoms with E-state index in [1.807, 2.05) is 20.8 Å². The van der Waals surface area contributed by atoms with E-state index in [0.717, 1.165) is 22.1 Å². The number of nitrogens with one attached hydrogen (secondary N) is 2. The van der Waals surface area contributed by atoms with Crippen LogP contribution in [-0.4, -0.2) is 71.8 Å². The third kappa shape index (κ3) is 10.3. The number of aromatic nitrogens is 5. The van der Waals surface area contributed by atoms with Gasteiger partial charge in [0.05, 0.1) is 22.9 Å². The van der Waals surface area contributed by atoms with E-state index < -0.39 is 78.2 Å². The van der Waals surface area contributed by atoms with Crippen LogP contribution in [0.2, 0.25) is 5.02 Å². The van der Waals surface area contributed by atoms with Crippen LogP contribution < -0.4 is 10.6 Å². The lowest BCUT2D eigenvalue weighted by molar-refractivity contribution is -0.183. The standard InChI is InChI=1S/C42H41ClF7N9O5/c1-39(2,3)22-41(28-14-11-25(12-15-28)27-18-52-57(19-27)35(46)47)34(60)58(36(55-41)54-37(61)63-20-24-9-7-6-8-10-24)31(21-64-38(62)56-40(4,5)42(48,49)50)26-13-16-29(43)30(17-26)59-33(32(44)45)51-23-53-59/h6-19,23,31-32,35H,20-22H2,1-5H3,(H,56,62)(H,54,55,61)/t31-,41-/m1/s1. The summed E-state index contributed by atoms with van der Waals surface area (Å²) in [7, 11) is 0. The Hall–Kier alpha value is -6.51. The zero-order valence-corrected chi connectivity index (χ0v) is 35.5. The van der Waals surface area contributed by atoms with Crippen LogP contribution in [0, 0.1) is 5.41 Å². The summed E-state index contributed by atoms with van der Waals surface area (Å²) in [5, 5.41) is 11.7. The van der Waals surface area contributed by atoms with Crippen molar-refractivity contribution in [2.24, 2.45) is 10.4 Å². The molecule has 0 radical (unpaired) electrons. The van der Waals surface area contributed by atoms with Gasteiger partial charge in [0.15, 0.2) is 11.4 Å². The highest BCUT2D eigenvalue weighted by atomic mass is 35.5. The summed E-state index contributed by atoms with van der Waals surface area (Å²) in [4.78, 5) is 51.7. The van der Waals surface area contributed by atoms with Crippen LogP contribution in [0.25, 0.3) is 16.8 Å². The van der Waals surface area contributed by atoms with Crippen molar-refractivity contribution < 1.29 is 54.6 Å². The molecule has 3 aromatic carbocycles. The second-order valence-corrected chi connectivity index (χ2v) is 16.8. The second-order valence-electron chi connectivity index (χ2n) is 16.4. The Kier molecular flexibility index (Phi) is 13.4. The fourth-order valence-corrected chi connectivity index (χ4v) is 7.03. The van der Waals surface area contributed by atoms with Crippen LogP contribution in [-0.2, 0) is 26.4 Å². The van der Waals surface area contributed by atoms with Gasteiger partial charge in [-0.2, -0.15) is 32.1 Å². The zero-order chi connectivity index (χ0) is 46.8. The molecule has 22 heteroatoms. The molecule has 2 aromatic heterocycles. The number of hydrogen-bond acceptors (Lipinski definition) is 9. The number of hydrogen-bond donors (Lipinski definition) is 2. The summed E-state index contributed by atoms with van der Waals surface area (Å²) in [6.07, 6.45) is -7.53. The molecule has 0 saturated heterocycles. The molecule has 0 fully saturated rings. The summed E-state index contributed by atoms with van der Waals surface area (Å²) < 4.78 is 108. The molecule has 340 valence electrons. The molecule has 3 heterocycles. The number of nitrogens with zero attached hydrogens (tertiary/aromatic N) is 7. The Labute approximate surface area is 366 Å². The Balaban J connectivity index is 1.50. The van der Waals surface area contributed by atoms with Gasteiger partial charge in [0, 0.05) is 11.8 Å². The fraction of sp³-hybridized carbons (Fsp3) is 0.357. The molecule has 1 aliphatic heterocycles. The highest BCUT2D eigenvalue weighted by Gasteiger charge is 2.54. The van der Waals surface area contributed by atoms with Gasteiger partial charge in [-0.15, -0.1) is 0 Å². The van der Waals surface area contributed by atoms with E-state index >= 15 is 4.79 Å². The normalized spacial score (nSPS) is 16.3. The van der Waals surface area contributed by atoms with Crippen LogP contribution in [0.3, 0.4) is 0 Å². The lowest BCUT2D eigenvalue weighted by Crippen LogP contribution is -2.55. The summed E-state index contributed by atoms with van der Waals surface area (Å²) in [5.41, 5.74) is -3.96. The number of alkyl halides is 7. The molecule has 0 spiro atoms. The van der Waals surface area contributed by atoms with Crippen molar-refractivity contribution in [3.63, 3.8) is 0 Å². The summed E-state index contributed by atoms with van der Waals surface area (Å²) >= 11 is 6.50. The first-order valence-electron chi connectivity index (χ1n) is 19.3. The van der Waals surface area contributed by atoms with Crippen LogP contribution in [0.4, 0.5) is 40.3 Å². The number of amides is 3. The van der Waals surface area contributed by atoms with Gasteiger partial charge < -0.3 is 14.8 Å². The molecule has 6 rings (SSSR count). The Bertz CT molecular complexity index is 2510. The minimum atomic E-state index is -4.92. The maximum atomic E-state index is 15.5. The van der Waals surface area contributed by atoms with Crippen LogP contribution >= 0.6 is 11.6 Å². The summed E-state index contributed by atoms with van der Waals surface area (Å²) in [6.45, 7) is 2.80. The van der Waals surface area contributed by atoms with Gasteiger partial charge in [-0.1, -0.05) is 93.0 Å². The number of carbonyl (C=O) groups is 3. The number of aliphatic imine (C=N–C) groups is 1. The molecule has 1 aliphatic rings. The molecular formula is C42H41ClF7N9O5. The van der Waals surface area contributed by atoms with E-state index in [4.69, 9.17) is 26.1 Å². The Morgan fingerprint density at radius 3 is 2.17 bits per heavy atom. The molecule has 0 saturated carbocycles. The number of guanidine groups is 1. The van der Waals surface area contributed by atoms with Crippen molar-refractivity contribution in [2.45, 2.75) is 83.9 Å². The van der Waals surface area contributed by atoms with Crippen molar-refractivity contribution in [2.75, 3.05) is 6.61 Å². The number of rotatable bonds is 13.